The van der Waals surface area contributed by atoms with Gasteiger partial charge in [-0.05, 0) is 51.3 Å². The van der Waals surface area contributed by atoms with Gasteiger partial charge < -0.3 is 10.6 Å². The fraction of sp³-hybridized carbons (Fsp3) is 0.692. The molecule has 0 bridgehead atoms. The lowest BCUT2D eigenvalue weighted by molar-refractivity contribution is -0.284. The van der Waals surface area contributed by atoms with Crippen LogP contribution in [0.5, 0.6) is 0 Å². The third-order valence-electron chi connectivity index (χ3n) is 6.96. The third-order valence-corrected chi connectivity index (χ3v) is 8.44. The van der Waals surface area contributed by atoms with E-state index in [4.69, 9.17) is 5.73 Å². The van der Waals surface area contributed by atoms with Gasteiger partial charge in [0.1, 0.15) is 5.54 Å². The second-order valence-electron chi connectivity index (χ2n) is 10.5. The molecule has 1 aromatic carbocycles. The lowest BCUT2D eigenvalue weighted by Gasteiger charge is -2.27. The maximum absolute atomic E-state index is 13.3. The Morgan fingerprint density at radius 3 is 1.93 bits per heavy atom. The van der Waals surface area contributed by atoms with Crippen LogP contribution >= 0.6 is 0 Å². The SMILES string of the molecule is CC1(C)C(=O)N(c2ccc(N)c(C(F)(F)F)c2)C(=O)N1CCCCCCCCCS(=O)CCCC(F)(F)C(F)(F)F. The Bertz CT molecular complexity index is 1090. The van der Waals surface area contributed by atoms with Gasteiger partial charge in [0.2, 0.25) is 0 Å². The number of benzene rings is 1. The Morgan fingerprint density at radius 2 is 1.37 bits per heavy atom. The molecule has 1 saturated heterocycles. The van der Waals surface area contributed by atoms with E-state index in [0.717, 1.165) is 30.2 Å². The number of nitrogen functional groups attached to an aromatic ring is 1. The molecule has 3 amide bonds. The monoisotopic (exact) mass is 621 g/mol. The van der Waals surface area contributed by atoms with Crippen LogP contribution in [0, 0.1) is 0 Å². The average Bonchev–Trinajstić information content (AvgIpc) is 3.00. The number of nitrogens with zero attached hydrogens (tertiary/aromatic N) is 2. The van der Waals surface area contributed by atoms with E-state index in [0.29, 0.717) is 31.7 Å². The number of urea groups is 1. The number of carbonyl (C=O) groups is 2. The van der Waals surface area contributed by atoms with E-state index in [1.54, 1.807) is 0 Å². The van der Waals surface area contributed by atoms with Gasteiger partial charge in [0.25, 0.3) is 5.91 Å². The number of hydrogen-bond donors (Lipinski definition) is 1. The highest BCUT2D eigenvalue weighted by Crippen LogP contribution is 2.40. The standard InChI is InChI=1S/C26H35F8N3O3S/c1-23(2)21(38)37(18-11-12-20(35)19(17-18)25(29,30)31)22(39)36(23)14-8-6-4-3-5-7-9-15-41(40)16-10-13-24(27,28)26(32,33)34/h11-12,17H,3-10,13-16,35H2,1-2H3. The van der Waals surface area contributed by atoms with Crippen molar-refractivity contribution in [1.82, 2.24) is 4.90 Å². The van der Waals surface area contributed by atoms with Gasteiger partial charge in [0.05, 0.1) is 11.3 Å². The topological polar surface area (TPSA) is 83.7 Å². The first-order valence-corrected chi connectivity index (χ1v) is 14.7. The summed E-state index contributed by atoms with van der Waals surface area (Å²) >= 11 is 0. The first-order valence-electron chi connectivity index (χ1n) is 13.2. The van der Waals surface area contributed by atoms with E-state index in [2.05, 4.69) is 0 Å². The molecule has 0 radical (unpaired) electrons. The number of alkyl halides is 8. The molecule has 234 valence electrons. The summed E-state index contributed by atoms with van der Waals surface area (Å²) in [6, 6.07) is 2.17. The van der Waals surface area contributed by atoms with E-state index in [-0.39, 0.29) is 23.7 Å². The zero-order chi connectivity index (χ0) is 31.2. The summed E-state index contributed by atoms with van der Waals surface area (Å²) in [7, 11) is -1.46. The smallest absolute Gasteiger partial charge is 0.398 e. The second kappa shape index (κ2) is 13.7. The molecular weight excluding hydrogens is 586 g/mol. The predicted octanol–water partition coefficient (Wildman–Crippen LogP) is 7.29. The van der Waals surface area contributed by atoms with Crippen LogP contribution in [0.4, 0.5) is 51.3 Å². The van der Waals surface area contributed by atoms with Crippen LogP contribution in [0.3, 0.4) is 0 Å². The minimum absolute atomic E-state index is 0.209. The minimum Gasteiger partial charge on any atom is -0.398 e. The number of hydrogen-bond acceptors (Lipinski definition) is 4. The Morgan fingerprint density at radius 1 is 0.829 bits per heavy atom. The van der Waals surface area contributed by atoms with E-state index in [1.165, 1.54) is 24.8 Å². The molecule has 0 aromatic heterocycles. The number of carbonyl (C=O) groups excluding carboxylic acids is 2. The van der Waals surface area contributed by atoms with Crippen molar-refractivity contribution in [3.05, 3.63) is 23.8 Å². The zero-order valence-electron chi connectivity index (χ0n) is 22.8. The van der Waals surface area contributed by atoms with Gasteiger partial charge in [-0.1, -0.05) is 32.1 Å². The van der Waals surface area contributed by atoms with Crippen molar-refractivity contribution in [1.29, 1.82) is 0 Å². The number of imide groups is 1. The molecule has 1 atom stereocenters. The number of nitrogens with two attached hydrogens (primary N) is 1. The number of rotatable bonds is 15. The van der Waals surface area contributed by atoms with Gasteiger partial charge in [0.15, 0.2) is 0 Å². The number of amides is 3. The van der Waals surface area contributed by atoms with Gasteiger partial charge in [-0.3, -0.25) is 9.00 Å². The molecule has 1 fully saturated rings. The highest BCUT2D eigenvalue weighted by atomic mass is 32.2. The average molecular weight is 622 g/mol. The van der Waals surface area contributed by atoms with Crippen molar-refractivity contribution in [3.63, 3.8) is 0 Å². The third kappa shape index (κ3) is 9.02. The summed E-state index contributed by atoms with van der Waals surface area (Å²) in [6.07, 6.45) is -7.27. The summed E-state index contributed by atoms with van der Waals surface area (Å²) in [5.74, 6) is -5.40. The molecule has 1 unspecified atom stereocenters. The van der Waals surface area contributed by atoms with Crippen LogP contribution < -0.4 is 10.6 Å². The van der Waals surface area contributed by atoms with Crippen LogP contribution in [-0.4, -0.2) is 56.7 Å². The molecular formula is C26H35F8N3O3S. The van der Waals surface area contributed by atoms with Gasteiger partial charge in [0, 0.05) is 41.0 Å². The predicted molar refractivity (Wildman–Crippen MR) is 140 cm³/mol. The van der Waals surface area contributed by atoms with Gasteiger partial charge >= 0.3 is 24.3 Å². The van der Waals surface area contributed by atoms with Crippen molar-refractivity contribution in [2.45, 2.75) is 95.4 Å². The molecule has 15 heteroatoms. The number of halogens is 8. The van der Waals surface area contributed by atoms with Crippen molar-refractivity contribution in [2.75, 3.05) is 28.7 Å². The Hall–Kier alpha value is -2.45. The van der Waals surface area contributed by atoms with Crippen LogP contribution in [0.25, 0.3) is 0 Å². The van der Waals surface area contributed by atoms with E-state index in [1.807, 2.05) is 0 Å². The van der Waals surface area contributed by atoms with E-state index in [9.17, 15) is 48.9 Å². The van der Waals surface area contributed by atoms with Crippen molar-refractivity contribution in [2.24, 2.45) is 0 Å². The molecule has 6 nitrogen and oxygen atoms in total. The van der Waals surface area contributed by atoms with Crippen LogP contribution in [0.2, 0.25) is 0 Å². The molecule has 1 aromatic rings. The van der Waals surface area contributed by atoms with Crippen molar-refractivity contribution >= 4 is 34.1 Å². The summed E-state index contributed by atoms with van der Waals surface area (Å²) in [5.41, 5.74) is 2.31. The van der Waals surface area contributed by atoms with Crippen LogP contribution in [0.15, 0.2) is 18.2 Å². The largest absolute Gasteiger partial charge is 0.453 e. The quantitative estimate of drug-likeness (QED) is 0.0965. The first kappa shape index (κ1) is 34.7. The molecule has 2 rings (SSSR count). The molecule has 0 saturated carbocycles. The number of unbranched alkanes of at least 4 members (excludes halogenated alkanes) is 6. The lowest BCUT2D eigenvalue weighted by atomic mass is 10.0. The fourth-order valence-electron chi connectivity index (χ4n) is 4.48. The van der Waals surface area contributed by atoms with Crippen molar-refractivity contribution < 1.29 is 48.9 Å². The minimum atomic E-state index is -5.60. The van der Waals surface area contributed by atoms with Crippen LogP contribution in [-0.2, 0) is 21.8 Å². The number of anilines is 2. The summed E-state index contributed by atoms with van der Waals surface area (Å²) in [5, 5.41) is 0. The highest BCUT2D eigenvalue weighted by Gasteiger charge is 2.56. The maximum Gasteiger partial charge on any atom is 0.453 e. The lowest BCUT2D eigenvalue weighted by Crippen LogP contribution is -2.44. The summed E-state index contributed by atoms with van der Waals surface area (Å²) in [4.78, 5) is 28.1. The molecule has 0 spiro atoms. The molecule has 0 aliphatic carbocycles. The Kier molecular flexibility index (Phi) is 11.6. The van der Waals surface area contributed by atoms with Gasteiger partial charge in [-0.15, -0.1) is 0 Å². The second-order valence-corrected chi connectivity index (χ2v) is 12.2. The summed E-state index contributed by atoms with van der Waals surface area (Å²) in [6.45, 7) is 3.28. The molecule has 1 aliphatic heterocycles. The van der Waals surface area contributed by atoms with Crippen molar-refractivity contribution in [3.8, 4) is 0 Å². The fourth-order valence-corrected chi connectivity index (χ4v) is 5.68. The Labute approximate surface area is 236 Å². The molecule has 41 heavy (non-hydrogen) atoms. The first-order chi connectivity index (χ1) is 18.8. The molecule has 2 N–H and O–H groups in total. The zero-order valence-corrected chi connectivity index (χ0v) is 23.7. The van der Waals surface area contributed by atoms with Crippen LogP contribution in [0.1, 0.15) is 77.2 Å². The summed E-state index contributed by atoms with van der Waals surface area (Å²) < 4.78 is 114. The van der Waals surface area contributed by atoms with Gasteiger partial charge in [-0.25, -0.2) is 9.69 Å². The van der Waals surface area contributed by atoms with Gasteiger partial charge in [-0.2, -0.15) is 35.1 Å². The van der Waals surface area contributed by atoms with E-state index >= 15 is 0 Å². The molecule has 1 heterocycles. The maximum atomic E-state index is 13.3. The Balaban J connectivity index is 1.71. The van der Waals surface area contributed by atoms with E-state index < -0.39 is 70.6 Å². The normalized spacial score (nSPS) is 17.0. The highest BCUT2D eigenvalue weighted by molar-refractivity contribution is 7.84. The molecule has 1 aliphatic rings.